The van der Waals surface area contributed by atoms with Gasteiger partial charge in [0.05, 0.1) is 12.0 Å². The topological polar surface area (TPSA) is 139 Å². The molecule has 2 amide bonds. The summed E-state index contributed by atoms with van der Waals surface area (Å²) in [7, 11) is 0. The zero-order valence-corrected chi connectivity index (χ0v) is 23.4. The first-order valence-electron chi connectivity index (χ1n) is 13.7. The third-order valence-corrected chi connectivity index (χ3v) is 6.85. The average molecular weight is 537 g/mol. The van der Waals surface area contributed by atoms with Crippen molar-refractivity contribution in [1.29, 1.82) is 0 Å². The van der Waals surface area contributed by atoms with E-state index in [-0.39, 0.29) is 29.7 Å². The maximum atomic E-state index is 13.0. The van der Waals surface area contributed by atoms with E-state index in [0.717, 1.165) is 49.7 Å². The summed E-state index contributed by atoms with van der Waals surface area (Å²) in [5.41, 5.74) is 14.0. The maximum Gasteiger partial charge on any atom is 0.410 e. The number of unbranched alkanes of at least 4 members (excludes halogenated alkanes) is 1. The fourth-order valence-electron chi connectivity index (χ4n) is 4.87. The van der Waals surface area contributed by atoms with Gasteiger partial charge in [0.15, 0.2) is 0 Å². The first kappa shape index (κ1) is 28.2. The fourth-order valence-corrected chi connectivity index (χ4v) is 4.87. The molecule has 2 heterocycles. The van der Waals surface area contributed by atoms with Crippen LogP contribution in [-0.2, 0) is 17.8 Å². The van der Waals surface area contributed by atoms with Crippen LogP contribution in [0.1, 0.15) is 87.8 Å². The monoisotopic (exact) mass is 536 g/mol. The van der Waals surface area contributed by atoms with Crippen LogP contribution in [-0.4, -0.2) is 49.7 Å². The zero-order valence-electron chi connectivity index (χ0n) is 23.4. The van der Waals surface area contributed by atoms with Crippen LogP contribution in [0.25, 0.3) is 11.0 Å². The summed E-state index contributed by atoms with van der Waals surface area (Å²) in [4.78, 5) is 35.9. The number of hydrogen-bond donors (Lipinski definition) is 2. The summed E-state index contributed by atoms with van der Waals surface area (Å²) in [6.07, 6.45) is 5.79. The highest BCUT2D eigenvalue weighted by molar-refractivity contribution is 5.99. The molecule has 0 spiro atoms. The van der Waals surface area contributed by atoms with Gasteiger partial charge in [-0.15, -0.1) is 0 Å². The number of rotatable bonds is 10. The number of anilines is 1. The largest absolute Gasteiger partial charge is 0.463 e. The number of carbonyl (C=O) groups is 2. The quantitative estimate of drug-likeness (QED) is 0.347. The summed E-state index contributed by atoms with van der Waals surface area (Å²) >= 11 is 0. The van der Waals surface area contributed by atoms with E-state index >= 15 is 0 Å². The van der Waals surface area contributed by atoms with E-state index in [9.17, 15) is 9.59 Å². The maximum absolute atomic E-state index is 13.0. The van der Waals surface area contributed by atoms with E-state index < -0.39 is 11.5 Å². The summed E-state index contributed by atoms with van der Waals surface area (Å²) in [6, 6.07) is 9.95. The van der Waals surface area contributed by atoms with Gasteiger partial charge in [0.2, 0.25) is 0 Å². The molecule has 39 heavy (non-hydrogen) atoms. The van der Waals surface area contributed by atoms with Gasteiger partial charge in [-0.1, -0.05) is 50.5 Å². The molecular formula is C29H40N6O4. The Hall–Kier alpha value is -3.82. The van der Waals surface area contributed by atoms with Crippen molar-refractivity contribution in [2.75, 3.05) is 12.3 Å². The highest BCUT2D eigenvalue weighted by Gasteiger charge is 2.30. The lowest BCUT2D eigenvalue weighted by molar-refractivity contribution is 0.0144. The van der Waals surface area contributed by atoms with Gasteiger partial charge in [0.25, 0.3) is 5.91 Å². The summed E-state index contributed by atoms with van der Waals surface area (Å²) in [5, 5.41) is 0.549. The van der Waals surface area contributed by atoms with Gasteiger partial charge in [0, 0.05) is 19.1 Å². The van der Waals surface area contributed by atoms with Crippen LogP contribution in [0.4, 0.5) is 10.6 Å². The van der Waals surface area contributed by atoms with Gasteiger partial charge in [0.1, 0.15) is 22.8 Å². The van der Waals surface area contributed by atoms with Crippen LogP contribution >= 0.6 is 0 Å². The van der Waals surface area contributed by atoms with E-state index in [2.05, 4.69) is 16.9 Å². The number of ether oxygens (including phenoxy) is 2. The van der Waals surface area contributed by atoms with E-state index in [1.165, 1.54) is 0 Å². The minimum Gasteiger partial charge on any atom is -0.463 e. The van der Waals surface area contributed by atoms with E-state index in [1.807, 2.05) is 49.9 Å². The van der Waals surface area contributed by atoms with E-state index in [4.69, 9.17) is 20.9 Å². The predicted octanol–water partition coefficient (Wildman–Crippen LogP) is 5.02. The Bertz CT molecular complexity index is 1310. The summed E-state index contributed by atoms with van der Waals surface area (Å²) < 4.78 is 13.1. The third-order valence-electron chi connectivity index (χ3n) is 6.85. The molecule has 0 saturated heterocycles. The lowest BCUT2D eigenvalue weighted by Crippen LogP contribution is -2.41. The lowest BCUT2D eigenvalue weighted by Gasteiger charge is -2.31. The first-order chi connectivity index (χ1) is 18.6. The minimum atomic E-state index is -0.581. The van der Waals surface area contributed by atoms with Crippen LogP contribution in [0.3, 0.4) is 0 Å². The highest BCUT2D eigenvalue weighted by Crippen LogP contribution is 2.28. The van der Waals surface area contributed by atoms with Crippen molar-refractivity contribution in [2.24, 2.45) is 5.73 Å². The number of hydrogen-bond acceptors (Lipinski definition) is 7. The van der Waals surface area contributed by atoms with Crippen LogP contribution in [0, 0.1) is 0 Å². The molecule has 2 aromatic heterocycles. The number of carbonyl (C=O) groups excluding carboxylic acids is 2. The second-order valence-electron chi connectivity index (χ2n) is 11.2. The predicted molar refractivity (Wildman–Crippen MR) is 150 cm³/mol. The molecule has 0 radical (unpaired) electrons. The van der Waals surface area contributed by atoms with Crippen LogP contribution in [0.2, 0.25) is 0 Å². The third kappa shape index (κ3) is 6.99. The summed E-state index contributed by atoms with van der Waals surface area (Å²) in [5.74, 6) is -0.348. The van der Waals surface area contributed by atoms with Crippen LogP contribution in [0.5, 0.6) is 6.01 Å². The molecule has 10 heteroatoms. The molecule has 4 rings (SSSR count). The highest BCUT2D eigenvalue weighted by atomic mass is 16.6. The molecule has 210 valence electrons. The second kappa shape index (κ2) is 11.9. The SMILES string of the molecule is CCCCOc1nc(N)c2cc(C(N)=O)n(Cc3ccc(CN(C(=O)OC(C)(C)C)C4CCCC4)cc3)c2n1. The molecule has 1 fully saturated rings. The number of primary amides is 1. The molecule has 0 atom stereocenters. The lowest BCUT2D eigenvalue weighted by atomic mass is 10.1. The van der Waals surface area contributed by atoms with Gasteiger partial charge in [-0.25, -0.2) is 4.79 Å². The Morgan fingerprint density at radius 3 is 2.38 bits per heavy atom. The molecule has 1 aliphatic carbocycles. The molecule has 1 saturated carbocycles. The Morgan fingerprint density at radius 1 is 1.10 bits per heavy atom. The minimum absolute atomic E-state index is 0.174. The van der Waals surface area contributed by atoms with Crippen molar-refractivity contribution in [3.63, 3.8) is 0 Å². The number of benzene rings is 1. The van der Waals surface area contributed by atoms with E-state index in [0.29, 0.717) is 30.7 Å². The Kier molecular flexibility index (Phi) is 8.62. The normalized spacial score (nSPS) is 14.1. The van der Waals surface area contributed by atoms with Crippen molar-refractivity contribution in [3.8, 4) is 6.01 Å². The average Bonchev–Trinajstić information content (AvgIpc) is 3.52. The number of nitrogen functional groups attached to an aromatic ring is 1. The van der Waals surface area contributed by atoms with Crippen LogP contribution < -0.4 is 16.2 Å². The van der Waals surface area contributed by atoms with Gasteiger partial charge in [-0.3, -0.25) is 4.79 Å². The van der Waals surface area contributed by atoms with Crippen molar-refractivity contribution >= 4 is 28.9 Å². The molecular weight excluding hydrogens is 496 g/mol. The van der Waals surface area contributed by atoms with Crippen LogP contribution in [0.15, 0.2) is 30.3 Å². The molecule has 1 aliphatic rings. The van der Waals surface area contributed by atoms with Gasteiger partial charge < -0.3 is 30.4 Å². The standard InChI is InChI=1S/C29H40N6O4/c1-5-6-15-38-27-32-24(30)22-16-23(25(31)36)35(26(22)33-27)18-20-13-11-19(12-14-20)17-34(21-9-7-8-10-21)28(37)39-29(2,3)4/h11-14,16,21H,5-10,15,17-18H2,1-4H3,(H2,31,36)(H2,30,32,33). The van der Waals surface area contributed by atoms with E-state index in [1.54, 1.807) is 10.6 Å². The Labute approximate surface area is 229 Å². The summed E-state index contributed by atoms with van der Waals surface area (Å²) in [6.45, 7) is 9.03. The van der Waals surface area contributed by atoms with Gasteiger partial charge in [-0.2, -0.15) is 9.97 Å². The molecule has 0 bridgehead atoms. The van der Waals surface area contributed by atoms with Gasteiger partial charge >= 0.3 is 12.1 Å². The fraction of sp³-hybridized carbons (Fsp3) is 0.517. The number of amides is 2. The Morgan fingerprint density at radius 2 is 1.77 bits per heavy atom. The first-order valence-corrected chi connectivity index (χ1v) is 13.7. The molecule has 0 aliphatic heterocycles. The second-order valence-corrected chi connectivity index (χ2v) is 11.2. The number of nitrogens with two attached hydrogens (primary N) is 2. The smallest absolute Gasteiger partial charge is 0.410 e. The molecule has 10 nitrogen and oxygen atoms in total. The molecule has 4 N–H and O–H groups in total. The van der Waals surface area contributed by atoms with Crippen molar-refractivity contribution < 1.29 is 19.1 Å². The zero-order chi connectivity index (χ0) is 28.2. The number of aromatic nitrogens is 3. The molecule has 3 aromatic rings. The molecule has 0 unspecified atom stereocenters. The van der Waals surface area contributed by atoms with Gasteiger partial charge in [-0.05, 0) is 57.2 Å². The molecule has 1 aromatic carbocycles. The number of fused-ring (bicyclic) bond motifs is 1. The number of nitrogens with zero attached hydrogens (tertiary/aromatic N) is 4. The van der Waals surface area contributed by atoms with Crippen molar-refractivity contribution in [2.45, 2.75) is 91.0 Å². The van der Waals surface area contributed by atoms with Crippen molar-refractivity contribution in [1.82, 2.24) is 19.4 Å². The van der Waals surface area contributed by atoms with Crippen molar-refractivity contribution in [3.05, 3.63) is 47.2 Å². The Balaban J connectivity index is 1.57.